The lowest BCUT2D eigenvalue weighted by atomic mass is 10.1. The number of methoxy groups -OCH3 is 1. The Morgan fingerprint density at radius 3 is 2.60 bits per heavy atom. The van der Waals surface area contributed by atoms with E-state index in [0.717, 1.165) is 41.4 Å². The van der Waals surface area contributed by atoms with Crippen LogP contribution in [0.25, 0.3) is 6.08 Å². The van der Waals surface area contributed by atoms with Crippen LogP contribution in [0.15, 0.2) is 47.5 Å². The third-order valence-corrected chi connectivity index (χ3v) is 4.73. The Hall–Kier alpha value is -1.68. The number of hydrogen-bond acceptors (Lipinski definition) is 3. The predicted molar refractivity (Wildman–Crippen MR) is 110 cm³/mol. The van der Waals surface area contributed by atoms with Crippen molar-refractivity contribution in [2.45, 2.75) is 0 Å². The molecule has 3 rings (SSSR count). The van der Waals surface area contributed by atoms with Crippen LogP contribution in [0, 0.1) is 0 Å². The van der Waals surface area contributed by atoms with Crippen LogP contribution in [0.2, 0.25) is 10.0 Å². The van der Waals surface area contributed by atoms with Crippen molar-refractivity contribution < 1.29 is 4.74 Å². The zero-order valence-electron chi connectivity index (χ0n) is 14.0. The number of rotatable bonds is 3. The van der Waals surface area contributed by atoms with Gasteiger partial charge in [0.25, 0.3) is 0 Å². The molecule has 0 atom stereocenters. The van der Waals surface area contributed by atoms with Gasteiger partial charge in [-0.05, 0) is 35.9 Å². The summed E-state index contributed by atoms with van der Waals surface area (Å²) in [5.74, 6) is 0.843. The fourth-order valence-electron chi connectivity index (χ4n) is 2.63. The number of fused-ring (bicyclic) bond motifs is 1. The van der Waals surface area contributed by atoms with Crippen LogP contribution in [0.4, 0.5) is 5.69 Å². The molecule has 1 aliphatic heterocycles. The van der Waals surface area contributed by atoms with E-state index in [1.165, 1.54) is 0 Å². The van der Waals surface area contributed by atoms with Gasteiger partial charge in [-0.3, -0.25) is 4.99 Å². The fraction of sp³-hybridized carbons (Fsp3) is 0.211. The minimum absolute atomic E-state index is 0. The number of allylic oxidation sites excluding steroid dienone is 1. The van der Waals surface area contributed by atoms with Crippen molar-refractivity contribution in [3.05, 3.63) is 63.6 Å². The smallest absolute Gasteiger partial charge is 0.120 e. The number of likely N-dealkylation sites (N-methyl/N-ethyl adjacent to an activating group) is 1. The monoisotopic (exact) mass is 396 g/mol. The molecular weight excluding hydrogens is 379 g/mol. The first-order chi connectivity index (χ1) is 11.6. The lowest BCUT2D eigenvalue weighted by molar-refractivity contribution is 0.415. The molecular formula is C19H19Cl3N2O. The van der Waals surface area contributed by atoms with Gasteiger partial charge in [0.1, 0.15) is 5.75 Å². The van der Waals surface area contributed by atoms with E-state index in [0.29, 0.717) is 10.0 Å². The van der Waals surface area contributed by atoms with Crippen LogP contribution in [0.5, 0.6) is 5.75 Å². The van der Waals surface area contributed by atoms with Crippen LogP contribution >= 0.6 is 35.6 Å². The summed E-state index contributed by atoms with van der Waals surface area (Å²) in [5.41, 5.74) is 4.14. The molecule has 2 aromatic rings. The lowest BCUT2D eigenvalue weighted by Gasteiger charge is -2.19. The van der Waals surface area contributed by atoms with Crippen LogP contribution < -0.4 is 9.64 Å². The third kappa shape index (κ3) is 4.49. The van der Waals surface area contributed by atoms with Gasteiger partial charge in [-0.15, -0.1) is 12.4 Å². The van der Waals surface area contributed by atoms with Gasteiger partial charge < -0.3 is 9.64 Å². The van der Waals surface area contributed by atoms with Crippen LogP contribution in [0.1, 0.15) is 11.1 Å². The lowest BCUT2D eigenvalue weighted by Crippen LogP contribution is -2.20. The molecule has 0 radical (unpaired) electrons. The molecule has 0 spiro atoms. The van der Waals surface area contributed by atoms with Crippen LogP contribution in [-0.2, 0) is 0 Å². The Kier molecular flexibility index (Phi) is 6.77. The number of benzodiazepines with no additional fused rings is 1. The molecule has 0 unspecified atom stereocenters. The van der Waals surface area contributed by atoms with Gasteiger partial charge in [0.2, 0.25) is 0 Å². The molecule has 1 heterocycles. The first-order valence-corrected chi connectivity index (χ1v) is 8.41. The highest BCUT2D eigenvalue weighted by Crippen LogP contribution is 2.28. The maximum Gasteiger partial charge on any atom is 0.120 e. The minimum Gasteiger partial charge on any atom is -0.497 e. The van der Waals surface area contributed by atoms with Crippen molar-refractivity contribution in [3.63, 3.8) is 0 Å². The zero-order valence-corrected chi connectivity index (χ0v) is 16.3. The molecule has 0 aliphatic carbocycles. The molecule has 0 fully saturated rings. The molecule has 2 aromatic carbocycles. The van der Waals surface area contributed by atoms with E-state index in [9.17, 15) is 0 Å². The average molecular weight is 398 g/mol. The third-order valence-electron chi connectivity index (χ3n) is 3.99. The molecule has 0 bridgehead atoms. The number of hydrogen-bond donors (Lipinski definition) is 0. The molecule has 3 nitrogen and oxygen atoms in total. The van der Waals surface area contributed by atoms with Crippen LogP contribution in [-0.4, -0.2) is 33.0 Å². The van der Waals surface area contributed by atoms with Crippen molar-refractivity contribution in [1.29, 1.82) is 0 Å². The van der Waals surface area contributed by atoms with Gasteiger partial charge in [-0.2, -0.15) is 0 Å². The van der Waals surface area contributed by atoms with Gasteiger partial charge in [0.15, 0.2) is 0 Å². The fourth-order valence-corrected chi connectivity index (χ4v) is 2.94. The largest absolute Gasteiger partial charge is 0.497 e. The first-order valence-electron chi connectivity index (χ1n) is 7.65. The highest BCUT2D eigenvalue weighted by molar-refractivity contribution is 6.42. The maximum atomic E-state index is 6.08. The van der Waals surface area contributed by atoms with Crippen molar-refractivity contribution in [2.24, 2.45) is 4.99 Å². The Morgan fingerprint density at radius 1 is 1.08 bits per heavy atom. The molecule has 6 heteroatoms. The van der Waals surface area contributed by atoms with Gasteiger partial charge in [-0.25, -0.2) is 0 Å². The van der Waals surface area contributed by atoms with Crippen molar-refractivity contribution in [3.8, 4) is 5.75 Å². The van der Waals surface area contributed by atoms with Crippen molar-refractivity contribution in [2.75, 3.05) is 32.1 Å². The Labute approximate surface area is 164 Å². The summed E-state index contributed by atoms with van der Waals surface area (Å²) < 4.78 is 5.35. The van der Waals surface area contributed by atoms with Gasteiger partial charge in [0.05, 0.1) is 29.4 Å². The summed E-state index contributed by atoms with van der Waals surface area (Å²) in [6, 6.07) is 11.6. The van der Waals surface area contributed by atoms with E-state index in [1.807, 2.05) is 42.5 Å². The predicted octanol–water partition coefficient (Wildman–Crippen LogP) is 5.38. The Morgan fingerprint density at radius 2 is 1.88 bits per heavy atom. The first kappa shape index (κ1) is 19.6. The molecule has 0 N–H and O–H groups in total. The summed E-state index contributed by atoms with van der Waals surface area (Å²) in [4.78, 5) is 6.91. The van der Waals surface area contributed by atoms with E-state index in [2.05, 4.69) is 11.9 Å². The second-order valence-electron chi connectivity index (χ2n) is 5.58. The van der Waals surface area contributed by atoms with Crippen molar-refractivity contribution in [1.82, 2.24) is 0 Å². The standard InChI is InChI=1S/C19H18Cl2N2O.ClH/c1-23-10-9-22-18(15-6-5-14(24-2)12-19(15)23)8-4-13-3-7-16(20)17(21)11-13;/h3-8,11-12H,9-10H2,1-2H3;1H/b8-4+;. The number of aliphatic imine (C=N–C) groups is 1. The van der Waals surface area contributed by atoms with E-state index < -0.39 is 0 Å². The zero-order chi connectivity index (χ0) is 17.1. The number of nitrogens with zero attached hydrogens (tertiary/aromatic N) is 2. The quantitative estimate of drug-likeness (QED) is 0.695. The number of anilines is 1. The summed E-state index contributed by atoms with van der Waals surface area (Å²) >= 11 is 12.0. The summed E-state index contributed by atoms with van der Waals surface area (Å²) in [6.07, 6.45) is 4.02. The summed E-state index contributed by atoms with van der Waals surface area (Å²) in [6.45, 7) is 1.61. The highest BCUT2D eigenvalue weighted by atomic mass is 35.5. The Balaban J connectivity index is 0.00000225. The van der Waals surface area contributed by atoms with Crippen molar-refractivity contribution >= 4 is 53.1 Å². The summed E-state index contributed by atoms with van der Waals surface area (Å²) in [5, 5.41) is 1.10. The number of benzene rings is 2. The van der Waals surface area contributed by atoms with Crippen LogP contribution in [0.3, 0.4) is 0 Å². The molecule has 1 aliphatic rings. The SMILES string of the molecule is COc1ccc2c(c1)N(C)CCN=C2/C=C/c1ccc(Cl)c(Cl)c1.Cl. The van der Waals surface area contributed by atoms with E-state index in [1.54, 1.807) is 13.2 Å². The van der Waals surface area contributed by atoms with E-state index >= 15 is 0 Å². The van der Waals surface area contributed by atoms with Gasteiger partial charge in [0, 0.05) is 30.9 Å². The molecule has 0 amide bonds. The molecule has 0 saturated heterocycles. The molecule has 132 valence electrons. The Bertz CT molecular complexity index is 818. The molecule has 25 heavy (non-hydrogen) atoms. The topological polar surface area (TPSA) is 24.8 Å². The second kappa shape index (κ2) is 8.61. The normalized spacial score (nSPS) is 13.8. The molecule has 0 aromatic heterocycles. The van der Waals surface area contributed by atoms with E-state index in [4.69, 9.17) is 32.9 Å². The molecule has 0 saturated carbocycles. The minimum atomic E-state index is 0. The highest BCUT2D eigenvalue weighted by Gasteiger charge is 2.15. The van der Waals surface area contributed by atoms with Gasteiger partial charge in [-0.1, -0.05) is 35.3 Å². The maximum absolute atomic E-state index is 6.08. The number of halogens is 3. The van der Waals surface area contributed by atoms with E-state index in [-0.39, 0.29) is 12.4 Å². The van der Waals surface area contributed by atoms with Gasteiger partial charge >= 0.3 is 0 Å². The second-order valence-corrected chi connectivity index (χ2v) is 6.39. The summed E-state index contributed by atoms with van der Waals surface area (Å²) in [7, 11) is 3.75. The number of ether oxygens (including phenoxy) is 1. The average Bonchev–Trinajstić information content (AvgIpc) is 2.75.